The monoisotopic (exact) mass is 392 g/mol. The van der Waals surface area contributed by atoms with Crippen LogP contribution in [0.4, 0.5) is 0 Å². The molecule has 4 nitrogen and oxygen atoms in total. The van der Waals surface area contributed by atoms with Gasteiger partial charge in [-0.3, -0.25) is 0 Å². The van der Waals surface area contributed by atoms with Gasteiger partial charge in [-0.1, -0.05) is 53.9 Å². The normalized spacial score (nSPS) is 17.8. The van der Waals surface area contributed by atoms with E-state index in [0.29, 0.717) is 16.1 Å². The molecule has 0 heterocycles. The van der Waals surface area contributed by atoms with E-state index in [1.807, 2.05) is 0 Å². The Morgan fingerprint density at radius 2 is 1.24 bits per heavy atom. The highest BCUT2D eigenvalue weighted by Gasteiger charge is 2.42. The molecule has 0 spiro atoms. The molecule has 1 aliphatic carbocycles. The first-order valence-corrected chi connectivity index (χ1v) is 13.6. The molecule has 6 heteroatoms. The summed E-state index contributed by atoms with van der Waals surface area (Å²) in [5.74, 6) is 0. The van der Waals surface area contributed by atoms with Crippen molar-refractivity contribution in [2.24, 2.45) is 0 Å². The molecule has 0 N–H and O–H groups in total. The maximum Gasteiger partial charge on any atom is 0.342 e. The van der Waals surface area contributed by atoms with Crippen LogP contribution in [0.15, 0.2) is 0 Å². The minimum absolute atomic E-state index is 0.393. The number of hydrogen-bond acceptors (Lipinski definition) is 4. The zero-order valence-corrected chi connectivity index (χ0v) is 20.5. The molecule has 0 aromatic carbocycles. The van der Waals surface area contributed by atoms with Crippen LogP contribution in [0.1, 0.15) is 80.6 Å². The first-order valence-electron chi connectivity index (χ1n) is 10.1. The lowest BCUT2D eigenvalue weighted by molar-refractivity contribution is 0.172. The molecule has 0 amide bonds. The van der Waals surface area contributed by atoms with Gasteiger partial charge in [-0.2, -0.15) is 0 Å². The highest BCUT2D eigenvalue weighted by molar-refractivity contribution is 6.70. The van der Waals surface area contributed by atoms with Crippen LogP contribution in [0, 0.1) is 0 Å². The molecule has 0 aromatic rings. The topological polar surface area (TPSA) is 36.9 Å². The molecule has 1 aliphatic rings. The zero-order valence-electron chi connectivity index (χ0n) is 18.3. The third kappa shape index (κ3) is 7.42. The Balaban J connectivity index is 0.000000477. The van der Waals surface area contributed by atoms with Gasteiger partial charge in [-0.15, -0.1) is 0 Å². The van der Waals surface area contributed by atoms with Crippen molar-refractivity contribution >= 4 is 17.8 Å². The van der Waals surface area contributed by atoms with E-state index < -0.39 is 17.8 Å². The third-order valence-corrected chi connectivity index (χ3v) is 12.9. The highest BCUT2D eigenvalue weighted by Crippen LogP contribution is 2.45. The van der Waals surface area contributed by atoms with Crippen molar-refractivity contribution in [2.45, 2.75) is 96.7 Å². The van der Waals surface area contributed by atoms with E-state index in [1.54, 1.807) is 14.2 Å². The second-order valence-electron chi connectivity index (χ2n) is 7.90. The molecule has 1 fully saturated rings. The Bertz CT molecular complexity index is 311. The fourth-order valence-corrected chi connectivity index (χ4v) is 9.81. The van der Waals surface area contributed by atoms with E-state index >= 15 is 0 Å². The summed E-state index contributed by atoms with van der Waals surface area (Å²) in [6.45, 7) is 16.8. The van der Waals surface area contributed by atoms with Crippen LogP contribution in [0.5, 0.6) is 0 Å². The van der Waals surface area contributed by atoms with Gasteiger partial charge in [0.1, 0.15) is 0 Å². The van der Waals surface area contributed by atoms with Crippen LogP contribution in [-0.2, 0) is 17.7 Å². The molecule has 152 valence electrons. The van der Waals surface area contributed by atoms with E-state index in [2.05, 4.69) is 48.5 Å². The van der Waals surface area contributed by atoms with Crippen LogP contribution < -0.4 is 0 Å². The van der Waals surface area contributed by atoms with E-state index in [1.165, 1.54) is 32.1 Å². The van der Waals surface area contributed by atoms with Crippen LogP contribution in [-0.4, -0.2) is 45.3 Å². The summed E-state index contributed by atoms with van der Waals surface area (Å²) in [6, 6.07) is 0. The third-order valence-electron chi connectivity index (χ3n) is 5.45. The summed E-state index contributed by atoms with van der Waals surface area (Å²) in [6.07, 6.45) is 6.74. The average Bonchev–Trinajstić information content (AvgIpc) is 2.57. The van der Waals surface area contributed by atoms with Crippen molar-refractivity contribution in [3.05, 3.63) is 0 Å². The smallest absolute Gasteiger partial charge is 0.342 e. The second kappa shape index (κ2) is 12.6. The SMILES string of the molecule is CCO[SiH](OCC)C1(C)CCCCC1.CO[Si](OC)(C(C)C)C(C)C. The first kappa shape index (κ1) is 25.3. The Labute approximate surface area is 160 Å². The van der Waals surface area contributed by atoms with E-state index in [4.69, 9.17) is 17.7 Å². The van der Waals surface area contributed by atoms with Gasteiger partial charge in [0.05, 0.1) is 0 Å². The molecule has 1 rings (SSSR count). The molecule has 0 aliphatic heterocycles. The van der Waals surface area contributed by atoms with E-state index in [9.17, 15) is 0 Å². The highest BCUT2D eigenvalue weighted by atomic mass is 28.4. The van der Waals surface area contributed by atoms with Gasteiger partial charge in [0.25, 0.3) is 0 Å². The molecule has 0 atom stereocenters. The van der Waals surface area contributed by atoms with Gasteiger partial charge < -0.3 is 17.7 Å². The lowest BCUT2D eigenvalue weighted by Crippen LogP contribution is -2.46. The summed E-state index contributed by atoms with van der Waals surface area (Å²) in [5.41, 5.74) is 1.02. The van der Waals surface area contributed by atoms with Crippen molar-refractivity contribution in [2.75, 3.05) is 27.4 Å². The Morgan fingerprint density at radius 1 is 0.840 bits per heavy atom. The summed E-state index contributed by atoms with van der Waals surface area (Å²) in [4.78, 5) is 0. The summed E-state index contributed by atoms with van der Waals surface area (Å²) < 4.78 is 22.7. The molecule has 1 saturated carbocycles. The molecular weight excluding hydrogens is 348 g/mol. The maximum absolute atomic E-state index is 5.84. The summed E-state index contributed by atoms with van der Waals surface area (Å²) in [7, 11) is 0.191. The van der Waals surface area contributed by atoms with Gasteiger partial charge >= 0.3 is 17.8 Å². The standard InChI is InChI=1S/C11H24O2Si.C8H20O2Si/c1-4-12-14(13-5-2)11(3)9-7-6-8-10-11;1-7(2)11(9-5,10-6)8(3)4/h14H,4-10H2,1-3H3;7-8H,1-6H3. The largest absolute Gasteiger partial charge is 0.397 e. The fraction of sp³-hybridized carbons (Fsp3) is 1.00. The molecular formula is C19H44O4Si2. The van der Waals surface area contributed by atoms with Crippen LogP contribution in [0.3, 0.4) is 0 Å². The number of rotatable bonds is 9. The van der Waals surface area contributed by atoms with Crippen molar-refractivity contribution in [3.63, 3.8) is 0 Å². The second-order valence-corrected chi connectivity index (χ2v) is 15.2. The Morgan fingerprint density at radius 3 is 1.48 bits per heavy atom. The Hall–Kier alpha value is 0.274. The zero-order chi connectivity index (χ0) is 19.5. The van der Waals surface area contributed by atoms with Gasteiger partial charge in [0.15, 0.2) is 0 Å². The maximum atomic E-state index is 5.84. The molecule has 0 radical (unpaired) electrons. The van der Waals surface area contributed by atoms with Crippen molar-refractivity contribution in [1.29, 1.82) is 0 Å². The fourth-order valence-electron chi connectivity index (χ4n) is 4.04. The van der Waals surface area contributed by atoms with Gasteiger partial charge in [0, 0.05) is 32.5 Å². The minimum atomic E-state index is -1.90. The minimum Gasteiger partial charge on any atom is -0.397 e. The molecule has 0 bridgehead atoms. The van der Waals surface area contributed by atoms with Crippen molar-refractivity contribution in [3.8, 4) is 0 Å². The Kier molecular flexibility index (Phi) is 12.8. The molecule has 25 heavy (non-hydrogen) atoms. The predicted octanol–water partition coefficient (Wildman–Crippen LogP) is 5.55. The van der Waals surface area contributed by atoms with Crippen LogP contribution >= 0.6 is 0 Å². The van der Waals surface area contributed by atoms with Crippen LogP contribution in [0.25, 0.3) is 0 Å². The summed E-state index contributed by atoms with van der Waals surface area (Å²) >= 11 is 0. The van der Waals surface area contributed by atoms with Gasteiger partial charge in [0.2, 0.25) is 0 Å². The first-order chi connectivity index (χ1) is 11.7. The molecule has 0 unspecified atom stereocenters. The average molecular weight is 393 g/mol. The summed E-state index contributed by atoms with van der Waals surface area (Å²) in [5, 5.41) is 0.393. The molecule has 0 saturated heterocycles. The van der Waals surface area contributed by atoms with E-state index in [-0.39, 0.29) is 0 Å². The van der Waals surface area contributed by atoms with Crippen molar-refractivity contribution in [1.82, 2.24) is 0 Å². The quantitative estimate of drug-likeness (QED) is 0.482. The lowest BCUT2D eigenvalue weighted by atomic mass is 9.90. The lowest BCUT2D eigenvalue weighted by Gasteiger charge is -2.38. The number of hydrogen-bond donors (Lipinski definition) is 0. The molecule has 0 aromatic heterocycles. The predicted molar refractivity (Wildman–Crippen MR) is 112 cm³/mol. The van der Waals surface area contributed by atoms with Crippen molar-refractivity contribution < 1.29 is 17.7 Å². The van der Waals surface area contributed by atoms with E-state index in [0.717, 1.165) is 13.2 Å². The van der Waals surface area contributed by atoms with Crippen LogP contribution in [0.2, 0.25) is 16.1 Å². The van der Waals surface area contributed by atoms with Gasteiger partial charge in [-0.05, 0) is 37.8 Å². The van der Waals surface area contributed by atoms with Gasteiger partial charge in [-0.25, -0.2) is 0 Å².